The van der Waals surface area contributed by atoms with Crippen LogP contribution in [0.4, 0.5) is 5.69 Å². The molecule has 0 aromatic heterocycles. The number of fused-ring (bicyclic) bond motifs is 1. The lowest BCUT2D eigenvalue weighted by Gasteiger charge is -2.14. The topological polar surface area (TPSA) is 109 Å². The summed E-state index contributed by atoms with van der Waals surface area (Å²) in [5, 5.41) is 20.9. The molecule has 0 aliphatic carbocycles. The van der Waals surface area contributed by atoms with E-state index in [-0.39, 0.29) is 24.1 Å². The van der Waals surface area contributed by atoms with E-state index in [0.717, 1.165) is 5.56 Å². The third-order valence-corrected chi connectivity index (χ3v) is 3.68. The van der Waals surface area contributed by atoms with Gasteiger partial charge in [0.2, 0.25) is 5.71 Å². The molecule has 0 saturated heterocycles. The zero-order chi connectivity index (χ0) is 17.8. The quantitative estimate of drug-likeness (QED) is 0.526. The molecule has 0 unspecified atom stereocenters. The maximum Gasteiger partial charge on any atom is 0.261 e. The van der Waals surface area contributed by atoms with Crippen LogP contribution in [-0.2, 0) is 6.54 Å². The summed E-state index contributed by atoms with van der Waals surface area (Å²) in [6.45, 7) is 0.164. The Morgan fingerprint density at radius 2 is 1.52 bits per heavy atom. The predicted octanol–water partition coefficient (Wildman–Crippen LogP) is 2.30. The first kappa shape index (κ1) is 15.9. The molecule has 7 heteroatoms. The first-order valence-corrected chi connectivity index (χ1v) is 7.32. The number of anilines is 1. The van der Waals surface area contributed by atoms with Gasteiger partial charge in [-0.1, -0.05) is 24.3 Å². The summed E-state index contributed by atoms with van der Waals surface area (Å²) in [5.41, 5.74) is 4.49. The lowest BCUT2D eigenvalue weighted by Crippen LogP contribution is -2.29. The van der Waals surface area contributed by atoms with Crippen LogP contribution in [0.25, 0.3) is 0 Å². The van der Waals surface area contributed by atoms with Crippen LogP contribution in [0.5, 0.6) is 0 Å². The zero-order valence-electron chi connectivity index (χ0n) is 12.9. The smallest absolute Gasteiger partial charge is 0.261 e. The van der Waals surface area contributed by atoms with Gasteiger partial charge in [0.05, 0.1) is 23.4 Å². The monoisotopic (exact) mass is 329 g/mol. The fourth-order valence-corrected chi connectivity index (χ4v) is 2.45. The molecule has 2 aromatic rings. The van der Waals surface area contributed by atoms with Gasteiger partial charge in [0.1, 0.15) is 12.1 Å². The van der Waals surface area contributed by atoms with Gasteiger partial charge in [-0.3, -0.25) is 19.9 Å². The number of nitriles is 2. The Hall–Kier alpha value is -3.97. The number of hydrazone groups is 1. The molecular weight excluding hydrogens is 318 g/mol. The lowest BCUT2D eigenvalue weighted by molar-refractivity contribution is 0.0642. The third-order valence-electron chi connectivity index (χ3n) is 3.68. The molecule has 3 rings (SSSR count). The van der Waals surface area contributed by atoms with Gasteiger partial charge in [-0.15, -0.1) is 0 Å². The van der Waals surface area contributed by atoms with Gasteiger partial charge in [0.25, 0.3) is 11.8 Å². The number of amides is 2. The van der Waals surface area contributed by atoms with Crippen LogP contribution in [-0.4, -0.2) is 22.4 Å². The van der Waals surface area contributed by atoms with Crippen LogP contribution in [0, 0.1) is 22.7 Å². The second kappa shape index (κ2) is 6.65. The van der Waals surface area contributed by atoms with Crippen molar-refractivity contribution in [1.82, 2.24) is 4.90 Å². The highest BCUT2D eigenvalue weighted by Crippen LogP contribution is 2.24. The van der Waals surface area contributed by atoms with Gasteiger partial charge in [-0.25, -0.2) is 0 Å². The van der Waals surface area contributed by atoms with E-state index in [2.05, 4.69) is 10.5 Å². The number of nitrogens with zero attached hydrogens (tertiary/aromatic N) is 4. The number of carbonyl (C=O) groups excluding carboxylic acids is 2. The number of hydrogen-bond donors (Lipinski definition) is 1. The molecule has 0 spiro atoms. The van der Waals surface area contributed by atoms with Gasteiger partial charge in [0.15, 0.2) is 0 Å². The van der Waals surface area contributed by atoms with Gasteiger partial charge in [-0.05, 0) is 29.8 Å². The number of nitrogens with one attached hydrogen (secondary N) is 1. The van der Waals surface area contributed by atoms with Crippen LogP contribution in [0.1, 0.15) is 26.3 Å². The third kappa shape index (κ3) is 3.07. The fourth-order valence-electron chi connectivity index (χ4n) is 2.45. The van der Waals surface area contributed by atoms with Gasteiger partial charge < -0.3 is 0 Å². The number of hydrogen-bond acceptors (Lipinski definition) is 6. The van der Waals surface area contributed by atoms with Gasteiger partial charge in [-0.2, -0.15) is 15.6 Å². The van der Waals surface area contributed by atoms with E-state index >= 15 is 0 Å². The molecule has 120 valence electrons. The van der Waals surface area contributed by atoms with Crippen molar-refractivity contribution in [2.75, 3.05) is 5.43 Å². The van der Waals surface area contributed by atoms with Crippen LogP contribution in [0.15, 0.2) is 53.6 Å². The molecular formula is C18H11N5O2. The summed E-state index contributed by atoms with van der Waals surface area (Å²) in [6, 6.07) is 16.9. The number of rotatable bonds is 4. The Bertz CT molecular complexity index is 913. The highest BCUT2D eigenvalue weighted by molar-refractivity contribution is 6.21. The van der Waals surface area contributed by atoms with Crippen molar-refractivity contribution in [1.29, 1.82) is 10.5 Å². The summed E-state index contributed by atoms with van der Waals surface area (Å²) >= 11 is 0. The SMILES string of the molecule is N#CC(C#N)=NNc1ccc(CN2C(=O)c3ccccc3C2=O)cc1. The van der Waals surface area contributed by atoms with E-state index in [4.69, 9.17) is 10.5 Å². The minimum absolute atomic E-state index is 0.164. The molecule has 1 aliphatic rings. The van der Waals surface area contributed by atoms with Gasteiger partial charge >= 0.3 is 0 Å². The average molecular weight is 329 g/mol. The maximum atomic E-state index is 12.3. The summed E-state index contributed by atoms with van der Waals surface area (Å²) in [5.74, 6) is -0.611. The molecule has 0 bridgehead atoms. The van der Waals surface area contributed by atoms with Crippen LogP contribution in [0.3, 0.4) is 0 Å². The largest absolute Gasteiger partial charge is 0.277 e. The van der Waals surface area contributed by atoms with Crippen LogP contribution >= 0.6 is 0 Å². The normalized spacial score (nSPS) is 12.2. The van der Waals surface area contributed by atoms with E-state index in [0.29, 0.717) is 16.8 Å². The van der Waals surface area contributed by atoms with Crippen molar-refractivity contribution >= 4 is 23.2 Å². The van der Waals surface area contributed by atoms with E-state index in [1.54, 1.807) is 60.7 Å². The summed E-state index contributed by atoms with van der Waals surface area (Å²) < 4.78 is 0. The van der Waals surface area contributed by atoms with Crippen molar-refractivity contribution in [3.63, 3.8) is 0 Å². The molecule has 0 fully saturated rings. The Labute approximate surface area is 143 Å². The number of carbonyl (C=O) groups is 2. The fraction of sp³-hybridized carbons (Fsp3) is 0.0556. The zero-order valence-corrected chi connectivity index (χ0v) is 12.9. The maximum absolute atomic E-state index is 12.3. The van der Waals surface area contributed by atoms with Crippen molar-refractivity contribution in [3.8, 4) is 12.1 Å². The van der Waals surface area contributed by atoms with E-state index in [1.807, 2.05) is 0 Å². The predicted molar refractivity (Wildman–Crippen MR) is 89.4 cm³/mol. The Morgan fingerprint density at radius 1 is 0.960 bits per heavy atom. The molecule has 1 N–H and O–H groups in total. The summed E-state index contributed by atoms with van der Waals surface area (Å²) in [6.07, 6.45) is 0. The highest BCUT2D eigenvalue weighted by Gasteiger charge is 2.34. The standard InChI is InChI=1S/C18H11N5O2/c19-9-14(10-20)22-21-13-7-5-12(6-8-13)11-23-17(24)15-3-1-2-4-16(15)18(23)25/h1-8,21H,11H2. The molecule has 1 heterocycles. The van der Waals surface area contributed by atoms with Gasteiger partial charge in [0, 0.05) is 0 Å². The average Bonchev–Trinajstić information content (AvgIpc) is 2.89. The summed E-state index contributed by atoms with van der Waals surface area (Å²) in [4.78, 5) is 25.9. The Morgan fingerprint density at radius 3 is 2.04 bits per heavy atom. The van der Waals surface area contributed by atoms with Crippen LogP contribution < -0.4 is 5.43 Å². The molecule has 1 aliphatic heterocycles. The number of benzene rings is 2. The Kier molecular flexibility index (Phi) is 4.23. The highest BCUT2D eigenvalue weighted by atomic mass is 16.2. The molecule has 7 nitrogen and oxygen atoms in total. The van der Waals surface area contributed by atoms with Crippen molar-refractivity contribution in [2.24, 2.45) is 5.10 Å². The van der Waals surface area contributed by atoms with Crippen LogP contribution in [0.2, 0.25) is 0 Å². The molecule has 2 aromatic carbocycles. The minimum Gasteiger partial charge on any atom is -0.277 e. The van der Waals surface area contributed by atoms with Crippen molar-refractivity contribution < 1.29 is 9.59 Å². The molecule has 25 heavy (non-hydrogen) atoms. The van der Waals surface area contributed by atoms with E-state index in [9.17, 15) is 9.59 Å². The first-order valence-electron chi connectivity index (χ1n) is 7.32. The van der Waals surface area contributed by atoms with E-state index < -0.39 is 0 Å². The molecule has 0 atom stereocenters. The molecule has 2 amide bonds. The first-order chi connectivity index (χ1) is 12.1. The van der Waals surface area contributed by atoms with Crippen molar-refractivity contribution in [2.45, 2.75) is 6.54 Å². The summed E-state index contributed by atoms with van der Waals surface area (Å²) in [7, 11) is 0. The molecule has 0 saturated carbocycles. The second-order valence-electron chi connectivity index (χ2n) is 5.23. The number of imide groups is 1. The second-order valence-corrected chi connectivity index (χ2v) is 5.23. The van der Waals surface area contributed by atoms with Crippen molar-refractivity contribution in [3.05, 3.63) is 65.2 Å². The minimum atomic E-state index is -0.305. The molecule has 0 radical (unpaired) electrons. The Balaban J connectivity index is 1.72. The lowest BCUT2D eigenvalue weighted by atomic mass is 10.1. The van der Waals surface area contributed by atoms with E-state index in [1.165, 1.54) is 4.90 Å².